The maximum absolute atomic E-state index is 13.5. The molecule has 26 heavy (non-hydrogen) atoms. The average molecular weight is 363 g/mol. The van der Waals surface area contributed by atoms with E-state index >= 15 is 0 Å². The van der Waals surface area contributed by atoms with Gasteiger partial charge in [0, 0.05) is 11.8 Å². The number of hydrogen-bond donors (Lipinski definition) is 0. The number of carbonyl (C=O) groups is 1. The van der Waals surface area contributed by atoms with Crippen LogP contribution in [0.1, 0.15) is 129 Å². The van der Waals surface area contributed by atoms with E-state index in [4.69, 9.17) is 0 Å². The highest BCUT2D eigenvalue weighted by atomic mass is 16.1. The summed E-state index contributed by atoms with van der Waals surface area (Å²) >= 11 is 0. The van der Waals surface area contributed by atoms with Crippen LogP contribution >= 0.6 is 0 Å². The van der Waals surface area contributed by atoms with E-state index in [2.05, 4.69) is 13.8 Å². The van der Waals surface area contributed by atoms with Gasteiger partial charge in [-0.3, -0.25) is 4.79 Å². The van der Waals surface area contributed by atoms with E-state index in [1.807, 2.05) is 0 Å². The molecule has 4 atom stereocenters. The van der Waals surface area contributed by atoms with Crippen molar-refractivity contribution in [1.82, 2.24) is 0 Å². The lowest BCUT2D eigenvalue weighted by Gasteiger charge is -2.26. The minimum absolute atomic E-state index is 0.366. The fraction of sp³-hybridized carbons (Fsp3) is 0.960. The third-order valence-corrected chi connectivity index (χ3v) is 7.18. The zero-order valence-corrected chi connectivity index (χ0v) is 17.9. The molecular formula is C25H46O. The Morgan fingerprint density at radius 1 is 0.500 bits per heavy atom. The Bertz CT molecular complexity index is 340. The van der Waals surface area contributed by atoms with E-state index < -0.39 is 0 Å². The van der Waals surface area contributed by atoms with E-state index in [0.29, 0.717) is 17.6 Å². The molecule has 0 amide bonds. The summed E-state index contributed by atoms with van der Waals surface area (Å²) in [7, 11) is 0. The summed E-state index contributed by atoms with van der Waals surface area (Å²) in [5.41, 5.74) is 0. The number of ketones is 1. The van der Waals surface area contributed by atoms with Crippen LogP contribution in [-0.4, -0.2) is 5.78 Å². The van der Waals surface area contributed by atoms with Gasteiger partial charge in [0.1, 0.15) is 5.78 Å². The Kier molecular flexibility index (Phi) is 10.9. The fourth-order valence-electron chi connectivity index (χ4n) is 5.47. The summed E-state index contributed by atoms with van der Waals surface area (Å²) in [6.07, 6.45) is 23.8. The van der Waals surface area contributed by atoms with Crippen LogP contribution in [0.25, 0.3) is 0 Å². The first-order valence-electron chi connectivity index (χ1n) is 12.2. The minimum Gasteiger partial charge on any atom is -0.299 e. The van der Waals surface area contributed by atoms with Gasteiger partial charge in [-0.1, -0.05) is 104 Å². The van der Waals surface area contributed by atoms with Crippen molar-refractivity contribution in [2.75, 3.05) is 0 Å². The normalized spacial score (nSPS) is 34.2. The van der Waals surface area contributed by atoms with Crippen LogP contribution in [0, 0.1) is 23.7 Å². The summed E-state index contributed by atoms with van der Waals surface area (Å²) in [6, 6.07) is 0. The lowest BCUT2D eigenvalue weighted by Crippen LogP contribution is -2.27. The van der Waals surface area contributed by atoms with Crippen LogP contribution in [0.5, 0.6) is 0 Å². The van der Waals surface area contributed by atoms with E-state index in [9.17, 15) is 4.79 Å². The van der Waals surface area contributed by atoms with Crippen molar-refractivity contribution < 1.29 is 4.79 Å². The van der Waals surface area contributed by atoms with Crippen molar-refractivity contribution in [3.8, 4) is 0 Å². The first kappa shape index (κ1) is 22.0. The molecule has 4 unspecified atom stereocenters. The van der Waals surface area contributed by atoms with Crippen molar-refractivity contribution in [1.29, 1.82) is 0 Å². The van der Waals surface area contributed by atoms with Crippen molar-refractivity contribution in [2.45, 2.75) is 129 Å². The van der Waals surface area contributed by atoms with Crippen LogP contribution in [0.3, 0.4) is 0 Å². The maximum atomic E-state index is 13.5. The van der Waals surface area contributed by atoms with Gasteiger partial charge in [0.15, 0.2) is 0 Å². The molecule has 0 radical (unpaired) electrons. The van der Waals surface area contributed by atoms with Gasteiger partial charge in [0.2, 0.25) is 0 Å². The molecule has 0 aromatic carbocycles. The van der Waals surface area contributed by atoms with E-state index in [-0.39, 0.29) is 0 Å². The lowest BCUT2D eigenvalue weighted by molar-refractivity contribution is -0.128. The van der Waals surface area contributed by atoms with E-state index in [1.54, 1.807) is 0 Å². The summed E-state index contributed by atoms with van der Waals surface area (Å²) in [4.78, 5) is 13.5. The Morgan fingerprint density at radius 2 is 0.808 bits per heavy atom. The quantitative estimate of drug-likeness (QED) is 0.485. The molecule has 2 saturated carbocycles. The summed E-state index contributed by atoms with van der Waals surface area (Å²) in [5, 5.41) is 0. The molecule has 0 aromatic heterocycles. The standard InChI is InChI=1S/C25H46O/c1-21-15-11-7-3-5-9-13-17-23(19-21)25(26)24-18-14-10-6-4-8-12-16-22(2)20-24/h21-24H,3-20H2,1-2H3. The second kappa shape index (κ2) is 12.9. The van der Waals surface area contributed by atoms with Gasteiger partial charge in [0.25, 0.3) is 0 Å². The molecule has 0 bridgehead atoms. The maximum Gasteiger partial charge on any atom is 0.139 e. The highest BCUT2D eigenvalue weighted by Crippen LogP contribution is 2.32. The number of hydrogen-bond acceptors (Lipinski definition) is 1. The predicted molar refractivity (Wildman–Crippen MR) is 113 cm³/mol. The second-order valence-electron chi connectivity index (χ2n) is 9.88. The molecule has 0 aliphatic heterocycles. The Balaban J connectivity index is 1.98. The number of carbonyl (C=O) groups excluding carboxylic acids is 1. The molecule has 0 aromatic rings. The smallest absolute Gasteiger partial charge is 0.139 e. The number of rotatable bonds is 2. The highest BCUT2D eigenvalue weighted by molar-refractivity contribution is 5.83. The molecule has 1 heteroatoms. The fourth-order valence-corrected chi connectivity index (χ4v) is 5.47. The zero-order valence-electron chi connectivity index (χ0n) is 17.9. The highest BCUT2D eigenvalue weighted by Gasteiger charge is 2.29. The van der Waals surface area contributed by atoms with Gasteiger partial charge in [-0.05, 0) is 37.5 Å². The Hall–Kier alpha value is -0.330. The number of Topliss-reactive ketones (excluding diaryl/α,β-unsaturated/α-hetero) is 1. The SMILES string of the molecule is CC1CCCCCCCCC(C(=O)C2CCCCCCCCC(C)C2)C1. The summed E-state index contributed by atoms with van der Waals surface area (Å²) < 4.78 is 0. The molecule has 0 spiro atoms. The van der Waals surface area contributed by atoms with Crippen LogP contribution in [0.15, 0.2) is 0 Å². The van der Waals surface area contributed by atoms with Crippen molar-refractivity contribution in [3.63, 3.8) is 0 Å². The van der Waals surface area contributed by atoms with Gasteiger partial charge in [0.05, 0.1) is 0 Å². The molecule has 2 aliphatic carbocycles. The van der Waals surface area contributed by atoms with Crippen LogP contribution in [0.4, 0.5) is 0 Å². The monoisotopic (exact) mass is 362 g/mol. The molecule has 0 saturated heterocycles. The largest absolute Gasteiger partial charge is 0.299 e. The van der Waals surface area contributed by atoms with E-state index in [0.717, 1.165) is 11.8 Å². The van der Waals surface area contributed by atoms with Crippen molar-refractivity contribution >= 4 is 5.78 Å². The molecular weight excluding hydrogens is 316 g/mol. The molecule has 0 heterocycles. The second-order valence-corrected chi connectivity index (χ2v) is 9.88. The Morgan fingerprint density at radius 3 is 1.19 bits per heavy atom. The third kappa shape index (κ3) is 8.57. The average Bonchev–Trinajstić information content (AvgIpc) is 2.70. The van der Waals surface area contributed by atoms with Gasteiger partial charge < -0.3 is 0 Å². The molecule has 1 nitrogen and oxygen atoms in total. The van der Waals surface area contributed by atoms with E-state index in [1.165, 1.54) is 116 Å². The predicted octanol–water partition coefficient (Wildman–Crippen LogP) is 8.11. The third-order valence-electron chi connectivity index (χ3n) is 7.18. The first-order chi connectivity index (χ1) is 12.7. The molecule has 2 aliphatic rings. The molecule has 2 rings (SSSR count). The lowest BCUT2D eigenvalue weighted by atomic mass is 9.77. The topological polar surface area (TPSA) is 17.1 Å². The van der Waals surface area contributed by atoms with Crippen molar-refractivity contribution in [2.24, 2.45) is 23.7 Å². The minimum atomic E-state index is 0.366. The van der Waals surface area contributed by atoms with Crippen LogP contribution < -0.4 is 0 Å². The van der Waals surface area contributed by atoms with Gasteiger partial charge in [-0.2, -0.15) is 0 Å². The molecule has 0 N–H and O–H groups in total. The van der Waals surface area contributed by atoms with Gasteiger partial charge in [-0.25, -0.2) is 0 Å². The first-order valence-corrected chi connectivity index (χ1v) is 12.2. The summed E-state index contributed by atoms with van der Waals surface area (Å²) in [6.45, 7) is 4.80. The van der Waals surface area contributed by atoms with Crippen molar-refractivity contribution in [3.05, 3.63) is 0 Å². The van der Waals surface area contributed by atoms with Crippen LogP contribution in [-0.2, 0) is 4.79 Å². The zero-order chi connectivity index (χ0) is 18.6. The molecule has 2 fully saturated rings. The van der Waals surface area contributed by atoms with Gasteiger partial charge >= 0.3 is 0 Å². The Labute approximate surface area is 164 Å². The van der Waals surface area contributed by atoms with Gasteiger partial charge in [-0.15, -0.1) is 0 Å². The molecule has 152 valence electrons. The summed E-state index contributed by atoms with van der Waals surface area (Å²) in [5.74, 6) is 2.88. The van der Waals surface area contributed by atoms with Crippen LogP contribution in [0.2, 0.25) is 0 Å².